The molecule has 0 saturated carbocycles. The van der Waals surface area contributed by atoms with Crippen LogP contribution in [0.2, 0.25) is 0 Å². The summed E-state index contributed by atoms with van der Waals surface area (Å²) >= 11 is 0. The molecule has 1 aromatic heterocycles. The van der Waals surface area contributed by atoms with Gasteiger partial charge in [-0.1, -0.05) is 6.07 Å². The zero-order valence-electron chi connectivity index (χ0n) is 10.00. The van der Waals surface area contributed by atoms with Gasteiger partial charge in [-0.2, -0.15) is 0 Å². The Bertz CT molecular complexity index is 320. The molecule has 0 aliphatic heterocycles. The molecule has 1 unspecified atom stereocenters. The van der Waals surface area contributed by atoms with Gasteiger partial charge in [0.2, 0.25) is 5.91 Å². The predicted molar refractivity (Wildman–Crippen MR) is 73.5 cm³/mol. The molecular weight excluding hydrogens is 261 g/mol. The molecule has 1 heterocycles. The van der Waals surface area contributed by atoms with Crippen LogP contribution in [0.25, 0.3) is 0 Å². The minimum Gasteiger partial charge on any atom is -0.336 e. The molecule has 98 valence electrons. The Hall–Kier alpha value is -0.840. The monoisotopic (exact) mass is 279 g/mol. The molecular formula is C11H19Cl2N3O. The number of nitrogens with two attached hydrogens (primary N) is 1. The van der Waals surface area contributed by atoms with Crippen LogP contribution in [0.5, 0.6) is 0 Å². The molecule has 1 amide bonds. The lowest BCUT2D eigenvalue weighted by Crippen LogP contribution is -2.41. The van der Waals surface area contributed by atoms with Crippen LogP contribution in [-0.2, 0) is 11.3 Å². The summed E-state index contributed by atoms with van der Waals surface area (Å²) in [7, 11) is 0. The normalized spacial score (nSPS) is 10.8. The molecule has 0 saturated heterocycles. The molecule has 6 heteroatoms. The first-order valence-electron chi connectivity index (χ1n) is 5.09. The highest BCUT2D eigenvalue weighted by Crippen LogP contribution is 2.02. The Morgan fingerprint density at radius 2 is 2.12 bits per heavy atom. The quantitative estimate of drug-likeness (QED) is 0.911. The zero-order chi connectivity index (χ0) is 11.3. The van der Waals surface area contributed by atoms with Crippen LogP contribution in [0.4, 0.5) is 0 Å². The van der Waals surface area contributed by atoms with Crippen LogP contribution in [0.15, 0.2) is 24.4 Å². The summed E-state index contributed by atoms with van der Waals surface area (Å²) in [6, 6.07) is 5.21. The van der Waals surface area contributed by atoms with E-state index in [0.717, 1.165) is 5.69 Å². The van der Waals surface area contributed by atoms with Gasteiger partial charge in [0, 0.05) is 12.7 Å². The van der Waals surface area contributed by atoms with E-state index >= 15 is 0 Å². The van der Waals surface area contributed by atoms with Crippen molar-refractivity contribution in [2.75, 3.05) is 6.54 Å². The standard InChI is InChI=1S/C11H17N3O.2ClH/c1-3-14(11(15)9(2)12)8-10-6-4-5-7-13-10;;/h4-7,9H,3,8,12H2,1-2H3;2*1H. The minimum atomic E-state index is -0.450. The van der Waals surface area contributed by atoms with Gasteiger partial charge in [-0.05, 0) is 26.0 Å². The third-order valence-corrected chi connectivity index (χ3v) is 2.16. The van der Waals surface area contributed by atoms with Gasteiger partial charge in [-0.3, -0.25) is 9.78 Å². The lowest BCUT2D eigenvalue weighted by molar-refractivity contribution is -0.132. The van der Waals surface area contributed by atoms with Crippen molar-refractivity contribution in [3.8, 4) is 0 Å². The first kappa shape index (κ1) is 18.5. The van der Waals surface area contributed by atoms with Gasteiger partial charge in [0.05, 0.1) is 18.3 Å². The molecule has 2 N–H and O–H groups in total. The van der Waals surface area contributed by atoms with Crippen molar-refractivity contribution < 1.29 is 4.79 Å². The number of hydrogen-bond acceptors (Lipinski definition) is 3. The molecule has 1 aromatic rings. The second-order valence-corrected chi connectivity index (χ2v) is 3.46. The molecule has 0 aromatic carbocycles. The number of carbonyl (C=O) groups excluding carboxylic acids is 1. The van der Waals surface area contributed by atoms with Gasteiger partial charge in [0.25, 0.3) is 0 Å². The topological polar surface area (TPSA) is 59.2 Å². The third kappa shape index (κ3) is 5.86. The molecule has 0 bridgehead atoms. The summed E-state index contributed by atoms with van der Waals surface area (Å²) in [6.45, 7) is 4.81. The molecule has 0 spiro atoms. The highest BCUT2D eigenvalue weighted by atomic mass is 35.5. The predicted octanol–water partition coefficient (Wildman–Crippen LogP) is 1.62. The van der Waals surface area contributed by atoms with Crippen LogP contribution in [-0.4, -0.2) is 28.4 Å². The molecule has 4 nitrogen and oxygen atoms in total. The van der Waals surface area contributed by atoms with E-state index in [9.17, 15) is 4.79 Å². The Morgan fingerprint density at radius 1 is 1.47 bits per heavy atom. The number of hydrogen-bond donors (Lipinski definition) is 1. The van der Waals surface area contributed by atoms with Gasteiger partial charge in [-0.15, -0.1) is 24.8 Å². The largest absolute Gasteiger partial charge is 0.336 e. The van der Waals surface area contributed by atoms with E-state index in [1.165, 1.54) is 0 Å². The van der Waals surface area contributed by atoms with Gasteiger partial charge in [0.15, 0.2) is 0 Å². The number of carbonyl (C=O) groups is 1. The van der Waals surface area contributed by atoms with Crippen molar-refractivity contribution in [1.82, 2.24) is 9.88 Å². The van der Waals surface area contributed by atoms with Crippen LogP contribution < -0.4 is 5.73 Å². The maximum atomic E-state index is 11.7. The van der Waals surface area contributed by atoms with Gasteiger partial charge >= 0.3 is 0 Å². The highest BCUT2D eigenvalue weighted by Gasteiger charge is 2.15. The number of likely N-dealkylation sites (N-methyl/N-ethyl adjacent to an activating group) is 1. The van der Waals surface area contributed by atoms with E-state index in [1.54, 1.807) is 18.0 Å². The zero-order valence-corrected chi connectivity index (χ0v) is 11.6. The molecule has 0 fully saturated rings. The van der Waals surface area contributed by atoms with Crippen molar-refractivity contribution >= 4 is 30.7 Å². The minimum absolute atomic E-state index is 0. The molecule has 1 rings (SSSR count). The average Bonchev–Trinajstić information content (AvgIpc) is 2.26. The summed E-state index contributed by atoms with van der Waals surface area (Å²) in [6.07, 6.45) is 1.72. The van der Waals surface area contributed by atoms with Crippen molar-refractivity contribution in [2.24, 2.45) is 5.73 Å². The van der Waals surface area contributed by atoms with E-state index in [1.807, 2.05) is 25.1 Å². The van der Waals surface area contributed by atoms with E-state index in [4.69, 9.17) is 5.73 Å². The van der Waals surface area contributed by atoms with E-state index in [0.29, 0.717) is 13.1 Å². The second-order valence-electron chi connectivity index (χ2n) is 3.46. The Kier molecular flexibility index (Phi) is 10.0. The van der Waals surface area contributed by atoms with Crippen LogP contribution in [0, 0.1) is 0 Å². The molecule has 0 aliphatic rings. The van der Waals surface area contributed by atoms with E-state index in [-0.39, 0.29) is 30.7 Å². The fourth-order valence-electron chi connectivity index (χ4n) is 1.32. The fourth-order valence-corrected chi connectivity index (χ4v) is 1.32. The first-order valence-corrected chi connectivity index (χ1v) is 5.09. The summed E-state index contributed by atoms with van der Waals surface area (Å²) in [4.78, 5) is 17.5. The lowest BCUT2D eigenvalue weighted by Gasteiger charge is -2.22. The molecule has 0 radical (unpaired) electrons. The number of nitrogens with zero attached hydrogens (tertiary/aromatic N) is 2. The summed E-state index contributed by atoms with van der Waals surface area (Å²) in [5.74, 6) is -0.0387. The number of aromatic nitrogens is 1. The summed E-state index contributed by atoms with van der Waals surface area (Å²) in [5.41, 5.74) is 6.44. The number of amides is 1. The maximum absolute atomic E-state index is 11.7. The van der Waals surface area contributed by atoms with Crippen molar-refractivity contribution in [3.63, 3.8) is 0 Å². The van der Waals surface area contributed by atoms with Gasteiger partial charge in [0.1, 0.15) is 0 Å². The molecule has 1 atom stereocenters. The maximum Gasteiger partial charge on any atom is 0.239 e. The molecule has 17 heavy (non-hydrogen) atoms. The Morgan fingerprint density at radius 3 is 2.53 bits per heavy atom. The van der Waals surface area contributed by atoms with Crippen LogP contribution >= 0.6 is 24.8 Å². The van der Waals surface area contributed by atoms with Crippen molar-refractivity contribution in [2.45, 2.75) is 26.4 Å². The van der Waals surface area contributed by atoms with Crippen molar-refractivity contribution in [1.29, 1.82) is 0 Å². The molecule has 0 aliphatic carbocycles. The number of pyridine rings is 1. The van der Waals surface area contributed by atoms with Crippen molar-refractivity contribution in [3.05, 3.63) is 30.1 Å². The third-order valence-electron chi connectivity index (χ3n) is 2.16. The van der Waals surface area contributed by atoms with Crippen LogP contribution in [0.1, 0.15) is 19.5 Å². The fraction of sp³-hybridized carbons (Fsp3) is 0.455. The first-order chi connectivity index (χ1) is 7.15. The Balaban J connectivity index is 0. The van der Waals surface area contributed by atoms with E-state index < -0.39 is 6.04 Å². The smallest absolute Gasteiger partial charge is 0.239 e. The SMILES string of the molecule is CCN(Cc1ccccn1)C(=O)C(C)N.Cl.Cl. The number of halogens is 2. The summed E-state index contributed by atoms with van der Waals surface area (Å²) in [5, 5.41) is 0. The van der Waals surface area contributed by atoms with Crippen LogP contribution in [0.3, 0.4) is 0 Å². The van der Waals surface area contributed by atoms with Gasteiger partial charge in [-0.25, -0.2) is 0 Å². The number of rotatable bonds is 4. The second kappa shape index (κ2) is 9.22. The highest BCUT2D eigenvalue weighted by molar-refractivity contribution is 5.85. The lowest BCUT2D eigenvalue weighted by atomic mass is 10.2. The van der Waals surface area contributed by atoms with E-state index in [2.05, 4.69) is 4.98 Å². The average molecular weight is 280 g/mol. The van der Waals surface area contributed by atoms with Gasteiger partial charge < -0.3 is 10.6 Å². The summed E-state index contributed by atoms with van der Waals surface area (Å²) < 4.78 is 0. The Labute approximate surface area is 114 Å².